The number of alkyl halides is 3. The van der Waals surface area contributed by atoms with Crippen molar-refractivity contribution >= 4 is 16.1 Å². The van der Waals surface area contributed by atoms with E-state index in [1.165, 1.54) is 29.6 Å². The number of nitrogens with zero attached hydrogens (tertiary/aromatic N) is 1. The van der Waals surface area contributed by atoms with E-state index in [2.05, 4.69) is 10.6 Å². The van der Waals surface area contributed by atoms with Crippen LogP contribution in [0.3, 0.4) is 0 Å². The molecule has 5 fully saturated rings. The topological polar surface area (TPSA) is 78.5 Å². The van der Waals surface area contributed by atoms with Gasteiger partial charge in [-0.1, -0.05) is 6.07 Å². The number of nitrogens with one attached hydrogen (secondary N) is 2. The van der Waals surface area contributed by atoms with Crippen molar-refractivity contribution in [2.45, 2.75) is 74.0 Å². The van der Waals surface area contributed by atoms with Crippen LogP contribution >= 0.6 is 0 Å². The third-order valence-corrected chi connectivity index (χ3v) is 9.95. The maximum absolute atomic E-state index is 13.1. The summed E-state index contributed by atoms with van der Waals surface area (Å²) in [5, 5.41) is 6.07. The number of urea groups is 1. The maximum atomic E-state index is 13.1. The fourth-order valence-corrected chi connectivity index (χ4v) is 8.80. The molecule has 2 amide bonds. The van der Waals surface area contributed by atoms with E-state index in [4.69, 9.17) is 0 Å². The molecular formula is C23H30F3N3O3S. The van der Waals surface area contributed by atoms with E-state index in [0.29, 0.717) is 36.7 Å². The van der Waals surface area contributed by atoms with E-state index in [1.54, 1.807) is 0 Å². The zero-order valence-electron chi connectivity index (χ0n) is 18.4. The van der Waals surface area contributed by atoms with Gasteiger partial charge in [-0.2, -0.15) is 17.5 Å². The van der Waals surface area contributed by atoms with Crippen LogP contribution in [0.25, 0.3) is 0 Å². The summed E-state index contributed by atoms with van der Waals surface area (Å²) >= 11 is 0. The lowest BCUT2D eigenvalue weighted by Gasteiger charge is -2.56. The van der Waals surface area contributed by atoms with Gasteiger partial charge in [0.15, 0.2) is 0 Å². The fraction of sp³-hybridized carbons (Fsp3) is 0.696. The second-order valence-electron chi connectivity index (χ2n) is 10.5. The molecular weight excluding hydrogens is 455 g/mol. The molecule has 1 unspecified atom stereocenters. The largest absolute Gasteiger partial charge is 0.416 e. The Bertz CT molecular complexity index is 992. The van der Waals surface area contributed by atoms with Crippen LogP contribution in [0, 0.1) is 17.8 Å². The van der Waals surface area contributed by atoms with Gasteiger partial charge in [0.1, 0.15) is 0 Å². The Morgan fingerprint density at radius 2 is 1.73 bits per heavy atom. The number of amides is 2. The predicted molar refractivity (Wildman–Crippen MR) is 116 cm³/mol. The van der Waals surface area contributed by atoms with Gasteiger partial charge in [0.2, 0.25) is 10.0 Å². The van der Waals surface area contributed by atoms with E-state index in [-0.39, 0.29) is 29.6 Å². The summed E-state index contributed by atoms with van der Waals surface area (Å²) in [5.74, 6) is 2.08. The van der Waals surface area contributed by atoms with Gasteiger partial charge in [-0.25, -0.2) is 13.2 Å². The van der Waals surface area contributed by atoms with E-state index in [0.717, 1.165) is 31.4 Å². The molecule has 1 heterocycles. The minimum absolute atomic E-state index is 0.135. The third kappa shape index (κ3) is 4.48. The Morgan fingerprint density at radius 3 is 2.33 bits per heavy atom. The van der Waals surface area contributed by atoms with Crippen LogP contribution in [0.1, 0.15) is 56.9 Å². The van der Waals surface area contributed by atoms with Crippen molar-refractivity contribution in [1.82, 2.24) is 14.9 Å². The number of carbonyl (C=O) groups is 1. The molecule has 0 radical (unpaired) electrons. The molecule has 33 heavy (non-hydrogen) atoms. The molecule has 4 bridgehead atoms. The molecule has 1 aliphatic heterocycles. The lowest BCUT2D eigenvalue weighted by molar-refractivity contribution is -0.137. The Kier molecular flexibility index (Phi) is 5.67. The molecule has 182 valence electrons. The molecule has 6 nitrogen and oxygen atoms in total. The van der Waals surface area contributed by atoms with Gasteiger partial charge >= 0.3 is 12.2 Å². The van der Waals surface area contributed by atoms with Crippen molar-refractivity contribution in [2.24, 2.45) is 17.8 Å². The smallest absolute Gasteiger partial charge is 0.337 e. The molecule has 0 spiro atoms. The first-order chi connectivity index (χ1) is 15.5. The highest BCUT2D eigenvalue weighted by atomic mass is 32.2. The summed E-state index contributed by atoms with van der Waals surface area (Å²) in [6, 6.07) is 3.08. The van der Waals surface area contributed by atoms with E-state index in [9.17, 15) is 26.4 Å². The van der Waals surface area contributed by atoms with Gasteiger partial charge in [0.05, 0.1) is 10.5 Å². The molecule has 1 aromatic carbocycles. The van der Waals surface area contributed by atoms with Gasteiger partial charge in [0, 0.05) is 24.7 Å². The van der Waals surface area contributed by atoms with Crippen molar-refractivity contribution in [3.63, 3.8) is 0 Å². The lowest BCUT2D eigenvalue weighted by atomic mass is 9.53. The SMILES string of the molecule is O=C(NCC1CCCN1S(=O)(=O)c1cccc(C(F)(F)F)c1)NC12CC3CC(CC(C3)C1)C2. The third-order valence-electron chi connectivity index (χ3n) is 8.01. The molecule has 2 N–H and O–H groups in total. The Labute approximate surface area is 192 Å². The molecule has 5 aliphatic rings. The summed E-state index contributed by atoms with van der Waals surface area (Å²) in [6.07, 6.45) is 3.40. The van der Waals surface area contributed by atoms with Gasteiger partial charge in [-0.05, 0) is 87.3 Å². The predicted octanol–water partition coefficient (Wildman–Crippen LogP) is 4.13. The van der Waals surface area contributed by atoms with Crippen LogP contribution in [0.5, 0.6) is 0 Å². The Balaban J connectivity index is 1.23. The highest BCUT2D eigenvalue weighted by Gasteiger charge is 2.51. The highest BCUT2D eigenvalue weighted by molar-refractivity contribution is 7.89. The lowest BCUT2D eigenvalue weighted by Crippen LogP contribution is -2.62. The molecule has 10 heteroatoms. The van der Waals surface area contributed by atoms with E-state index >= 15 is 0 Å². The second-order valence-corrected chi connectivity index (χ2v) is 12.4. The number of benzene rings is 1. The van der Waals surface area contributed by atoms with Crippen LogP contribution in [0.4, 0.5) is 18.0 Å². The fourth-order valence-electron chi connectivity index (χ4n) is 7.06. The van der Waals surface area contributed by atoms with Crippen molar-refractivity contribution < 1.29 is 26.4 Å². The molecule has 1 saturated heterocycles. The van der Waals surface area contributed by atoms with Crippen LogP contribution in [0.15, 0.2) is 29.2 Å². The van der Waals surface area contributed by atoms with Gasteiger partial charge in [0.25, 0.3) is 0 Å². The average Bonchev–Trinajstić information content (AvgIpc) is 3.20. The quantitative estimate of drug-likeness (QED) is 0.659. The van der Waals surface area contributed by atoms with E-state index in [1.807, 2.05) is 0 Å². The average molecular weight is 486 g/mol. The summed E-state index contributed by atoms with van der Waals surface area (Å²) in [4.78, 5) is 12.4. The van der Waals surface area contributed by atoms with Gasteiger partial charge in [-0.3, -0.25) is 0 Å². The maximum Gasteiger partial charge on any atom is 0.416 e. The monoisotopic (exact) mass is 485 g/mol. The zero-order valence-corrected chi connectivity index (χ0v) is 19.2. The van der Waals surface area contributed by atoms with Crippen molar-refractivity contribution in [3.8, 4) is 0 Å². The highest BCUT2D eigenvalue weighted by Crippen LogP contribution is 2.55. The second kappa shape index (κ2) is 8.15. The van der Waals surface area contributed by atoms with Crippen LogP contribution in [-0.2, 0) is 16.2 Å². The first-order valence-electron chi connectivity index (χ1n) is 11.8. The minimum atomic E-state index is -4.62. The number of hydrogen-bond donors (Lipinski definition) is 2. The molecule has 4 aliphatic carbocycles. The summed E-state index contributed by atoms with van der Waals surface area (Å²) < 4.78 is 66.6. The molecule has 1 atom stereocenters. The number of sulfonamides is 1. The normalized spacial score (nSPS) is 33.9. The number of halogens is 3. The van der Waals surface area contributed by atoms with Crippen LogP contribution in [-0.4, -0.2) is 43.4 Å². The first kappa shape index (κ1) is 23.0. The first-order valence-corrected chi connectivity index (χ1v) is 13.2. The summed E-state index contributed by atoms with van der Waals surface area (Å²) in [5.41, 5.74) is -1.13. The summed E-state index contributed by atoms with van der Waals surface area (Å²) in [6.45, 7) is 0.359. The molecule has 4 saturated carbocycles. The van der Waals surface area contributed by atoms with Crippen molar-refractivity contribution in [1.29, 1.82) is 0 Å². The molecule has 6 rings (SSSR count). The molecule has 0 aromatic heterocycles. The minimum Gasteiger partial charge on any atom is -0.337 e. The van der Waals surface area contributed by atoms with Gasteiger partial charge in [-0.15, -0.1) is 0 Å². The van der Waals surface area contributed by atoms with Gasteiger partial charge < -0.3 is 10.6 Å². The Hall–Kier alpha value is -1.81. The standard InChI is InChI=1S/C23H30F3N3O3S/c24-23(25,26)18-3-1-5-20(10-18)33(31,32)29-6-2-4-19(29)14-27-21(30)28-22-11-15-7-16(12-22)9-17(8-15)13-22/h1,3,5,10,15-17,19H,2,4,6-9,11-14H2,(H2,27,28,30). The number of rotatable bonds is 5. The van der Waals surface area contributed by atoms with Crippen LogP contribution in [0.2, 0.25) is 0 Å². The van der Waals surface area contributed by atoms with E-state index < -0.39 is 27.8 Å². The van der Waals surface area contributed by atoms with Crippen molar-refractivity contribution in [3.05, 3.63) is 29.8 Å². The Morgan fingerprint density at radius 1 is 1.09 bits per heavy atom. The van der Waals surface area contributed by atoms with Crippen molar-refractivity contribution in [2.75, 3.05) is 13.1 Å². The summed E-state index contributed by atoms with van der Waals surface area (Å²) in [7, 11) is -4.10. The number of carbonyl (C=O) groups excluding carboxylic acids is 1. The van der Waals surface area contributed by atoms with Crippen LogP contribution < -0.4 is 10.6 Å². The number of hydrogen-bond acceptors (Lipinski definition) is 3. The zero-order chi connectivity index (χ0) is 23.4. The molecule has 1 aromatic rings.